The van der Waals surface area contributed by atoms with E-state index >= 15 is 0 Å². The van der Waals surface area contributed by atoms with Crippen molar-refractivity contribution in [2.24, 2.45) is 0 Å². The van der Waals surface area contributed by atoms with Gasteiger partial charge in [0.1, 0.15) is 5.82 Å². The van der Waals surface area contributed by atoms with Gasteiger partial charge in [-0.3, -0.25) is 0 Å². The van der Waals surface area contributed by atoms with E-state index in [9.17, 15) is 9.18 Å². The van der Waals surface area contributed by atoms with E-state index in [4.69, 9.17) is 5.11 Å². The van der Waals surface area contributed by atoms with E-state index in [0.29, 0.717) is 4.47 Å². The van der Waals surface area contributed by atoms with Gasteiger partial charge in [0.25, 0.3) is 0 Å². The van der Waals surface area contributed by atoms with Crippen molar-refractivity contribution >= 4 is 32.7 Å². The molecule has 2 rings (SSSR count). The van der Waals surface area contributed by atoms with E-state index in [-0.39, 0.29) is 16.5 Å². The van der Waals surface area contributed by atoms with E-state index in [2.05, 4.69) is 20.9 Å². The minimum atomic E-state index is -1.17. The average molecular weight is 270 g/mol. The molecule has 5 heteroatoms. The third kappa shape index (κ3) is 1.70. The second kappa shape index (κ2) is 3.58. The van der Waals surface area contributed by atoms with Gasteiger partial charge < -0.3 is 5.11 Å². The van der Waals surface area contributed by atoms with Crippen LogP contribution in [0.3, 0.4) is 0 Å². The standard InChI is InChI=1S/C10H5BrFNO2/c11-5-3-7-6(8(12)4-5)1-2-13-9(7)10(14)15/h1-4H,(H,14,15). The summed E-state index contributed by atoms with van der Waals surface area (Å²) in [5.74, 6) is -1.64. The van der Waals surface area contributed by atoms with Crippen LogP contribution in [0.5, 0.6) is 0 Å². The Balaban J connectivity index is 2.91. The van der Waals surface area contributed by atoms with Gasteiger partial charge in [0, 0.05) is 21.4 Å². The molecule has 0 fully saturated rings. The van der Waals surface area contributed by atoms with Gasteiger partial charge in [0.15, 0.2) is 5.69 Å². The average Bonchev–Trinajstić information content (AvgIpc) is 2.16. The number of benzene rings is 1. The smallest absolute Gasteiger partial charge is 0.355 e. The fourth-order valence-electron chi connectivity index (χ4n) is 1.38. The molecular weight excluding hydrogens is 265 g/mol. The molecule has 1 aromatic carbocycles. The number of rotatable bonds is 1. The van der Waals surface area contributed by atoms with Crippen LogP contribution in [0.15, 0.2) is 28.9 Å². The van der Waals surface area contributed by atoms with Crippen molar-refractivity contribution in [1.82, 2.24) is 4.98 Å². The summed E-state index contributed by atoms with van der Waals surface area (Å²) < 4.78 is 13.9. The highest BCUT2D eigenvalue weighted by molar-refractivity contribution is 9.10. The van der Waals surface area contributed by atoms with Crippen LogP contribution in [0.1, 0.15) is 10.5 Å². The number of halogens is 2. The Morgan fingerprint density at radius 3 is 2.80 bits per heavy atom. The first-order valence-electron chi connectivity index (χ1n) is 4.06. The predicted molar refractivity (Wildman–Crippen MR) is 56.4 cm³/mol. The van der Waals surface area contributed by atoms with Crippen molar-refractivity contribution in [1.29, 1.82) is 0 Å². The van der Waals surface area contributed by atoms with Gasteiger partial charge in [0.05, 0.1) is 0 Å². The van der Waals surface area contributed by atoms with E-state index < -0.39 is 11.8 Å². The highest BCUT2D eigenvalue weighted by atomic mass is 79.9. The molecule has 0 bridgehead atoms. The number of pyridine rings is 1. The molecule has 0 atom stereocenters. The van der Waals surface area contributed by atoms with Crippen LogP contribution in [-0.2, 0) is 0 Å². The molecule has 0 aliphatic carbocycles. The van der Waals surface area contributed by atoms with Crippen LogP contribution in [0.25, 0.3) is 10.8 Å². The van der Waals surface area contributed by atoms with E-state index in [1.807, 2.05) is 0 Å². The van der Waals surface area contributed by atoms with Crippen LogP contribution in [0.2, 0.25) is 0 Å². The lowest BCUT2D eigenvalue weighted by Crippen LogP contribution is -2.01. The predicted octanol–water partition coefficient (Wildman–Crippen LogP) is 2.83. The Morgan fingerprint density at radius 1 is 1.40 bits per heavy atom. The summed E-state index contributed by atoms with van der Waals surface area (Å²) in [4.78, 5) is 14.5. The maximum Gasteiger partial charge on any atom is 0.355 e. The number of fused-ring (bicyclic) bond motifs is 1. The molecule has 1 heterocycles. The first kappa shape index (κ1) is 10.0. The zero-order chi connectivity index (χ0) is 11.0. The zero-order valence-electron chi connectivity index (χ0n) is 7.37. The van der Waals surface area contributed by atoms with Gasteiger partial charge in [-0.15, -0.1) is 0 Å². The van der Waals surface area contributed by atoms with Crippen LogP contribution < -0.4 is 0 Å². The highest BCUT2D eigenvalue weighted by Gasteiger charge is 2.12. The molecule has 76 valence electrons. The van der Waals surface area contributed by atoms with Gasteiger partial charge in [-0.05, 0) is 18.2 Å². The third-order valence-electron chi connectivity index (χ3n) is 2.00. The summed E-state index contributed by atoms with van der Waals surface area (Å²) in [6.07, 6.45) is 1.28. The molecule has 0 saturated heterocycles. The summed E-state index contributed by atoms with van der Waals surface area (Å²) in [6, 6.07) is 4.27. The topological polar surface area (TPSA) is 50.2 Å². The van der Waals surface area contributed by atoms with Crippen molar-refractivity contribution < 1.29 is 14.3 Å². The van der Waals surface area contributed by atoms with Crippen molar-refractivity contribution in [3.8, 4) is 0 Å². The number of hydrogen-bond donors (Lipinski definition) is 1. The van der Waals surface area contributed by atoms with E-state index in [1.54, 1.807) is 0 Å². The Morgan fingerprint density at radius 2 is 2.13 bits per heavy atom. The quantitative estimate of drug-likeness (QED) is 0.866. The van der Waals surface area contributed by atoms with Gasteiger partial charge in [0.2, 0.25) is 0 Å². The maximum absolute atomic E-state index is 13.4. The van der Waals surface area contributed by atoms with Crippen molar-refractivity contribution in [3.05, 3.63) is 40.4 Å². The van der Waals surface area contributed by atoms with Crippen LogP contribution in [0.4, 0.5) is 4.39 Å². The summed E-state index contributed by atoms with van der Waals surface area (Å²) in [5.41, 5.74) is -0.146. The van der Waals surface area contributed by atoms with E-state index in [0.717, 1.165) is 0 Å². The SMILES string of the molecule is O=C(O)c1nccc2c(F)cc(Br)cc12. The van der Waals surface area contributed by atoms with Gasteiger partial charge >= 0.3 is 5.97 Å². The molecule has 1 aromatic heterocycles. The van der Waals surface area contributed by atoms with Crippen LogP contribution in [-0.4, -0.2) is 16.1 Å². The lowest BCUT2D eigenvalue weighted by molar-refractivity contribution is 0.0693. The molecule has 15 heavy (non-hydrogen) atoms. The number of carbonyl (C=O) groups is 1. The fourth-order valence-corrected chi connectivity index (χ4v) is 1.81. The number of carboxylic acid groups (broad SMARTS) is 1. The Hall–Kier alpha value is -1.49. The van der Waals surface area contributed by atoms with Gasteiger partial charge in [-0.2, -0.15) is 0 Å². The largest absolute Gasteiger partial charge is 0.476 e. The Bertz CT molecular complexity index is 556. The zero-order valence-corrected chi connectivity index (χ0v) is 8.95. The first-order chi connectivity index (χ1) is 7.09. The maximum atomic E-state index is 13.4. The lowest BCUT2D eigenvalue weighted by Gasteiger charge is -2.03. The van der Waals surface area contributed by atoms with Gasteiger partial charge in [-0.1, -0.05) is 15.9 Å². The van der Waals surface area contributed by atoms with Crippen molar-refractivity contribution in [3.63, 3.8) is 0 Å². The summed E-state index contributed by atoms with van der Waals surface area (Å²) in [7, 11) is 0. The highest BCUT2D eigenvalue weighted by Crippen LogP contribution is 2.24. The monoisotopic (exact) mass is 269 g/mol. The minimum Gasteiger partial charge on any atom is -0.476 e. The molecule has 0 saturated carbocycles. The minimum absolute atomic E-state index is 0.146. The van der Waals surface area contributed by atoms with Gasteiger partial charge in [-0.25, -0.2) is 14.2 Å². The van der Waals surface area contributed by atoms with Crippen LogP contribution >= 0.6 is 15.9 Å². The molecule has 0 aliphatic rings. The van der Waals surface area contributed by atoms with E-state index in [1.165, 1.54) is 24.4 Å². The number of nitrogens with zero attached hydrogens (tertiary/aromatic N) is 1. The lowest BCUT2D eigenvalue weighted by atomic mass is 10.1. The molecule has 0 amide bonds. The summed E-state index contributed by atoms with van der Waals surface area (Å²) in [5, 5.41) is 9.41. The number of aromatic carboxylic acids is 1. The van der Waals surface area contributed by atoms with Crippen LogP contribution in [0, 0.1) is 5.82 Å². The van der Waals surface area contributed by atoms with Crippen molar-refractivity contribution in [2.45, 2.75) is 0 Å². The molecule has 0 radical (unpaired) electrons. The fraction of sp³-hybridized carbons (Fsp3) is 0. The first-order valence-corrected chi connectivity index (χ1v) is 4.86. The molecule has 0 aliphatic heterocycles. The molecule has 0 spiro atoms. The summed E-state index contributed by atoms with van der Waals surface area (Å²) in [6.45, 7) is 0. The Kier molecular flexibility index (Phi) is 2.40. The Labute approximate surface area is 92.7 Å². The number of carboxylic acids is 1. The molecule has 2 aromatic rings. The molecule has 0 unspecified atom stereocenters. The molecular formula is C10H5BrFNO2. The second-order valence-electron chi connectivity index (χ2n) is 2.95. The van der Waals surface area contributed by atoms with Crippen molar-refractivity contribution in [2.75, 3.05) is 0 Å². The molecule has 3 nitrogen and oxygen atoms in total. The second-order valence-corrected chi connectivity index (χ2v) is 3.86. The molecule has 1 N–H and O–H groups in total. The number of hydrogen-bond acceptors (Lipinski definition) is 2. The number of aromatic nitrogens is 1. The normalized spacial score (nSPS) is 10.5. The third-order valence-corrected chi connectivity index (χ3v) is 2.45. The summed E-state index contributed by atoms with van der Waals surface area (Å²) >= 11 is 3.11.